The van der Waals surface area contributed by atoms with Crippen LogP contribution in [0.25, 0.3) is 5.57 Å². The SMILES string of the molecule is CCc1ccc(CCC2CC(c3cccc(Cl)n3)=CCN2)cc1CC. The highest BCUT2D eigenvalue weighted by atomic mass is 35.5. The van der Waals surface area contributed by atoms with Gasteiger partial charge in [-0.05, 0) is 66.5 Å². The van der Waals surface area contributed by atoms with Crippen molar-refractivity contribution in [3.63, 3.8) is 0 Å². The summed E-state index contributed by atoms with van der Waals surface area (Å²) in [4.78, 5) is 4.46. The van der Waals surface area contributed by atoms with Gasteiger partial charge < -0.3 is 5.32 Å². The lowest BCUT2D eigenvalue weighted by Crippen LogP contribution is -2.33. The van der Waals surface area contributed by atoms with E-state index >= 15 is 0 Å². The van der Waals surface area contributed by atoms with Gasteiger partial charge in [0.1, 0.15) is 5.15 Å². The van der Waals surface area contributed by atoms with Crippen LogP contribution in [0.1, 0.15) is 49.1 Å². The topological polar surface area (TPSA) is 24.9 Å². The number of benzene rings is 1. The van der Waals surface area contributed by atoms with E-state index in [1.165, 1.54) is 22.3 Å². The molecule has 0 radical (unpaired) electrons. The second kappa shape index (κ2) is 8.64. The summed E-state index contributed by atoms with van der Waals surface area (Å²) in [5, 5.41) is 4.18. The summed E-state index contributed by atoms with van der Waals surface area (Å²) in [6.07, 6.45) is 7.75. The van der Waals surface area contributed by atoms with E-state index in [0.717, 1.165) is 44.3 Å². The number of rotatable bonds is 6. The van der Waals surface area contributed by atoms with E-state index in [1.54, 1.807) is 0 Å². The van der Waals surface area contributed by atoms with E-state index in [9.17, 15) is 0 Å². The highest BCUT2D eigenvalue weighted by molar-refractivity contribution is 6.29. The van der Waals surface area contributed by atoms with Crippen molar-refractivity contribution in [1.82, 2.24) is 10.3 Å². The fraction of sp³-hybridized carbons (Fsp3) is 0.409. The van der Waals surface area contributed by atoms with E-state index in [2.05, 4.69) is 54.5 Å². The molecule has 3 rings (SSSR count). The molecule has 2 heterocycles. The van der Waals surface area contributed by atoms with E-state index in [4.69, 9.17) is 11.6 Å². The number of halogens is 1. The highest BCUT2D eigenvalue weighted by Crippen LogP contribution is 2.24. The summed E-state index contributed by atoms with van der Waals surface area (Å²) in [5.74, 6) is 0. The van der Waals surface area contributed by atoms with Gasteiger partial charge >= 0.3 is 0 Å². The molecule has 0 saturated heterocycles. The number of aromatic nitrogens is 1. The molecule has 0 fully saturated rings. The first-order valence-electron chi connectivity index (χ1n) is 9.35. The minimum absolute atomic E-state index is 0.497. The maximum atomic E-state index is 6.04. The lowest BCUT2D eigenvalue weighted by Gasteiger charge is -2.24. The van der Waals surface area contributed by atoms with Crippen LogP contribution in [0, 0.1) is 0 Å². The quantitative estimate of drug-likeness (QED) is 0.718. The molecule has 0 spiro atoms. The van der Waals surface area contributed by atoms with E-state index in [0.29, 0.717) is 11.2 Å². The van der Waals surface area contributed by atoms with Crippen LogP contribution in [0.15, 0.2) is 42.5 Å². The fourth-order valence-corrected chi connectivity index (χ4v) is 3.78. The zero-order chi connectivity index (χ0) is 17.6. The van der Waals surface area contributed by atoms with Crippen molar-refractivity contribution in [1.29, 1.82) is 0 Å². The third-order valence-electron chi connectivity index (χ3n) is 5.08. The maximum absolute atomic E-state index is 6.04. The van der Waals surface area contributed by atoms with Crippen LogP contribution < -0.4 is 5.32 Å². The van der Waals surface area contributed by atoms with Gasteiger partial charge in [-0.15, -0.1) is 0 Å². The minimum Gasteiger partial charge on any atom is -0.310 e. The molecule has 1 aliphatic heterocycles. The molecule has 0 amide bonds. The van der Waals surface area contributed by atoms with Gasteiger partial charge in [0, 0.05) is 12.6 Å². The number of nitrogens with one attached hydrogen (secondary N) is 1. The Kier molecular flexibility index (Phi) is 6.28. The first-order valence-corrected chi connectivity index (χ1v) is 9.73. The monoisotopic (exact) mass is 354 g/mol. The largest absolute Gasteiger partial charge is 0.310 e. The third-order valence-corrected chi connectivity index (χ3v) is 5.29. The second-order valence-electron chi connectivity index (χ2n) is 6.73. The summed E-state index contributed by atoms with van der Waals surface area (Å²) < 4.78 is 0. The molecular formula is C22H27ClN2. The zero-order valence-corrected chi connectivity index (χ0v) is 15.9. The van der Waals surface area contributed by atoms with E-state index in [-0.39, 0.29) is 0 Å². The average molecular weight is 355 g/mol. The Labute approximate surface area is 156 Å². The van der Waals surface area contributed by atoms with Crippen LogP contribution in [-0.2, 0) is 19.3 Å². The molecule has 132 valence electrons. The fourth-order valence-electron chi connectivity index (χ4n) is 3.62. The van der Waals surface area contributed by atoms with Crippen molar-refractivity contribution in [2.45, 2.75) is 52.0 Å². The first-order chi connectivity index (χ1) is 12.2. The normalized spacial score (nSPS) is 17.4. The third kappa shape index (κ3) is 4.71. The maximum Gasteiger partial charge on any atom is 0.129 e. The molecular weight excluding hydrogens is 328 g/mol. The van der Waals surface area contributed by atoms with Crippen LogP contribution in [0.4, 0.5) is 0 Å². The van der Waals surface area contributed by atoms with Gasteiger partial charge in [-0.1, -0.05) is 55.8 Å². The van der Waals surface area contributed by atoms with Crippen LogP contribution in [0.2, 0.25) is 5.15 Å². The van der Waals surface area contributed by atoms with E-state index < -0.39 is 0 Å². The number of pyridine rings is 1. The van der Waals surface area contributed by atoms with Crippen molar-refractivity contribution in [2.75, 3.05) is 6.54 Å². The van der Waals surface area contributed by atoms with Crippen LogP contribution in [0.5, 0.6) is 0 Å². The van der Waals surface area contributed by atoms with Gasteiger partial charge in [0.2, 0.25) is 0 Å². The van der Waals surface area contributed by atoms with Gasteiger partial charge in [-0.3, -0.25) is 0 Å². The molecule has 1 atom stereocenters. The number of hydrogen-bond acceptors (Lipinski definition) is 2. The van der Waals surface area contributed by atoms with Crippen molar-refractivity contribution >= 4 is 17.2 Å². The molecule has 1 aliphatic rings. The number of aryl methyl sites for hydroxylation is 3. The lowest BCUT2D eigenvalue weighted by molar-refractivity contribution is 0.500. The molecule has 1 aromatic carbocycles. The van der Waals surface area contributed by atoms with Crippen LogP contribution in [0.3, 0.4) is 0 Å². The van der Waals surface area contributed by atoms with Gasteiger partial charge in [0.15, 0.2) is 0 Å². The molecule has 1 N–H and O–H groups in total. The highest BCUT2D eigenvalue weighted by Gasteiger charge is 2.17. The Balaban J connectivity index is 1.62. The molecule has 25 heavy (non-hydrogen) atoms. The molecule has 3 heteroatoms. The Morgan fingerprint density at radius 1 is 1.12 bits per heavy atom. The number of hydrogen-bond donors (Lipinski definition) is 1. The van der Waals surface area contributed by atoms with Crippen molar-refractivity contribution in [3.8, 4) is 0 Å². The summed E-state index contributed by atoms with van der Waals surface area (Å²) >= 11 is 6.04. The Morgan fingerprint density at radius 2 is 1.96 bits per heavy atom. The lowest BCUT2D eigenvalue weighted by atomic mass is 9.93. The molecule has 2 nitrogen and oxygen atoms in total. The zero-order valence-electron chi connectivity index (χ0n) is 15.2. The summed E-state index contributed by atoms with van der Waals surface area (Å²) in [5.41, 5.74) is 6.76. The summed E-state index contributed by atoms with van der Waals surface area (Å²) in [6, 6.07) is 13.4. The predicted octanol–water partition coefficient (Wildman–Crippen LogP) is 5.24. The first kappa shape index (κ1) is 18.2. The standard InChI is InChI=1S/C22H27ClN2/c1-3-17-10-8-16(14-18(17)4-2)9-11-20-15-19(12-13-24-20)21-6-5-7-22(23)25-21/h5-8,10,12,14,20,24H,3-4,9,11,13,15H2,1-2H3. The van der Waals surface area contributed by atoms with Crippen molar-refractivity contribution in [2.24, 2.45) is 0 Å². The van der Waals surface area contributed by atoms with Gasteiger partial charge in [0.05, 0.1) is 5.69 Å². The van der Waals surface area contributed by atoms with Crippen molar-refractivity contribution < 1.29 is 0 Å². The summed E-state index contributed by atoms with van der Waals surface area (Å²) in [6.45, 7) is 5.39. The van der Waals surface area contributed by atoms with Gasteiger partial charge in [0.25, 0.3) is 0 Å². The van der Waals surface area contributed by atoms with Crippen LogP contribution in [-0.4, -0.2) is 17.6 Å². The Hall–Kier alpha value is -1.64. The molecule has 1 unspecified atom stereocenters. The van der Waals surface area contributed by atoms with Gasteiger partial charge in [-0.25, -0.2) is 4.98 Å². The molecule has 2 aromatic rings. The molecule has 0 saturated carbocycles. The molecule has 0 aliphatic carbocycles. The second-order valence-corrected chi connectivity index (χ2v) is 7.12. The van der Waals surface area contributed by atoms with E-state index in [1.807, 2.05) is 12.1 Å². The average Bonchev–Trinajstić information content (AvgIpc) is 2.66. The molecule has 1 aromatic heterocycles. The minimum atomic E-state index is 0.497. The number of nitrogens with zero attached hydrogens (tertiary/aromatic N) is 1. The van der Waals surface area contributed by atoms with Gasteiger partial charge in [-0.2, -0.15) is 0 Å². The van der Waals surface area contributed by atoms with Crippen molar-refractivity contribution in [3.05, 3.63) is 70.0 Å². The smallest absolute Gasteiger partial charge is 0.129 e. The van der Waals surface area contributed by atoms with Crippen LogP contribution >= 0.6 is 11.6 Å². The Bertz CT molecular complexity index is 751. The summed E-state index contributed by atoms with van der Waals surface area (Å²) in [7, 11) is 0. The molecule has 0 bridgehead atoms. The Morgan fingerprint density at radius 3 is 2.72 bits per heavy atom. The predicted molar refractivity (Wildman–Crippen MR) is 107 cm³/mol.